The number of carbonyl (C=O) groups excluding carboxylic acids is 1. The molecule has 0 heterocycles. The topological polar surface area (TPSA) is 75.3 Å². The number of benzene rings is 1. The number of rotatable bonds is 6. The number of carbonyl (C=O) groups is 1. The molecule has 4 nitrogen and oxygen atoms in total. The van der Waals surface area contributed by atoms with E-state index in [0.717, 1.165) is 5.56 Å². The van der Waals surface area contributed by atoms with Crippen molar-refractivity contribution in [1.29, 1.82) is 0 Å². The van der Waals surface area contributed by atoms with E-state index >= 15 is 0 Å². The van der Waals surface area contributed by atoms with Gasteiger partial charge in [0.2, 0.25) is 5.91 Å². The lowest BCUT2D eigenvalue weighted by atomic mass is 10.1. The van der Waals surface area contributed by atoms with Crippen molar-refractivity contribution in [3.05, 3.63) is 34.3 Å². The second kappa shape index (κ2) is 6.59. The molecule has 0 bridgehead atoms. The summed E-state index contributed by atoms with van der Waals surface area (Å²) < 4.78 is 0. The maximum atomic E-state index is 10.9. The number of primary amides is 1. The van der Waals surface area contributed by atoms with E-state index in [2.05, 4.69) is 5.32 Å². The molecular formula is C12H17ClN2O2. The Bertz CT molecular complexity index is 394. The average Bonchev–Trinajstić information content (AvgIpc) is 2.25. The molecule has 17 heavy (non-hydrogen) atoms. The molecule has 94 valence electrons. The summed E-state index contributed by atoms with van der Waals surface area (Å²) >= 11 is 6.02. The molecule has 0 aliphatic rings. The summed E-state index contributed by atoms with van der Waals surface area (Å²) in [6.07, 6.45) is 0.381. The molecule has 5 heteroatoms. The predicted octanol–water partition coefficient (Wildman–Crippen LogP) is 1.30. The van der Waals surface area contributed by atoms with Crippen LogP contribution in [0.1, 0.15) is 29.3 Å². The van der Waals surface area contributed by atoms with Crippen LogP contribution >= 0.6 is 11.6 Å². The van der Waals surface area contributed by atoms with Gasteiger partial charge in [0.25, 0.3) is 0 Å². The van der Waals surface area contributed by atoms with Crippen molar-refractivity contribution in [3.8, 4) is 0 Å². The predicted molar refractivity (Wildman–Crippen MR) is 68.0 cm³/mol. The van der Waals surface area contributed by atoms with Crippen LogP contribution in [0.5, 0.6) is 0 Å². The van der Waals surface area contributed by atoms with Gasteiger partial charge in [-0.25, -0.2) is 0 Å². The molecule has 0 fully saturated rings. The number of hydrogen-bond acceptors (Lipinski definition) is 3. The van der Waals surface area contributed by atoms with Gasteiger partial charge in [-0.15, -0.1) is 0 Å². The largest absolute Gasteiger partial charge is 0.393 e. The fourth-order valence-corrected chi connectivity index (χ4v) is 1.63. The second-order valence-corrected chi connectivity index (χ2v) is 4.39. The minimum absolute atomic E-state index is 0.310. The van der Waals surface area contributed by atoms with Crippen LogP contribution in [-0.4, -0.2) is 23.7 Å². The van der Waals surface area contributed by atoms with E-state index in [1.807, 2.05) is 0 Å². The Morgan fingerprint density at radius 2 is 2.29 bits per heavy atom. The molecule has 0 saturated carbocycles. The zero-order valence-electron chi connectivity index (χ0n) is 9.74. The minimum atomic E-state index is -0.486. The van der Waals surface area contributed by atoms with Crippen molar-refractivity contribution >= 4 is 17.5 Å². The third kappa shape index (κ3) is 4.73. The molecule has 1 rings (SSSR count). The highest BCUT2D eigenvalue weighted by atomic mass is 35.5. The maximum absolute atomic E-state index is 10.9. The van der Waals surface area contributed by atoms with Crippen molar-refractivity contribution in [1.82, 2.24) is 5.32 Å². The summed E-state index contributed by atoms with van der Waals surface area (Å²) in [6, 6.07) is 4.99. The molecule has 0 saturated heterocycles. The zero-order valence-corrected chi connectivity index (χ0v) is 10.5. The highest BCUT2D eigenvalue weighted by Gasteiger charge is 2.05. The SMILES string of the molecule is CC(O)CCNCc1ccc(C(N)=O)cc1Cl. The second-order valence-electron chi connectivity index (χ2n) is 3.98. The molecule has 0 spiro atoms. The molecule has 1 aromatic rings. The van der Waals surface area contributed by atoms with Crippen molar-refractivity contribution in [2.75, 3.05) is 6.54 Å². The molecule has 0 aliphatic carbocycles. The number of nitrogens with two attached hydrogens (primary N) is 1. The molecule has 0 aliphatic heterocycles. The van der Waals surface area contributed by atoms with Gasteiger partial charge in [-0.3, -0.25) is 4.79 Å². The monoisotopic (exact) mass is 256 g/mol. The Kier molecular flexibility index (Phi) is 5.41. The minimum Gasteiger partial charge on any atom is -0.393 e. The lowest BCUT2D eigenvalue weighted by molar-refractivity contribution is 0.1000. The van der Waals surface area contributed by atoms with Crippen LogP contribution in [0.3, 0.4) is 0 Å². The van der Waals surface area contributed by atoms with Crippen molar-refractivity contribution < 1.29 is 9.90 Å². The Hall–Kier alpha value is -1.10. The van der Waals surface area contributed by atoms with Gasteiger partial charge in [0, 0.05) is 17.1 Å². The van der Waals surface area contributed by atoms with Gasteiger partial charge < -0.3 is 16.2 Å². The van der Waals surface area contributed by atoms with Crippen molar-refractivity contribution in [2.45, 2.75) is 26.0 Å². The normalized spacial score (nSPS) is 12.4. The number of aliphatic hydroxyl groups excluding tert-OH is 1. The summed E-state index contributed by atoms with van der Waals surface area (Å²) in [6.45, 7) is 3.06. The van der Waals surface area contributed by atoms with E-state index in [1.54, 1.807) is 25.1 Å². The molecule has 0 aromatic heterocycles. The summed E-state index contributed by atoms with van der Waals surface area (Å²) in [5.74, 6) is -0.486. The molecule has 1 atom stereocenters. The number of amides is 1. The van der Waals surface area contributed by atoms with Crippen LogP contribution in [-0.2, 0) is 6.54 Å². The van der Waals surface area contributed by atoms with Crippen LogP contribution in [0.15, 0.2) is 18.2 Å². The van der Waals surface area contributed by atoms with Crippen molar-refractivity contribution in [3.63, 3.8) is 0 Å². The van der Waals surface area contributed by atoms with E-state index in [4.69, 9.17) is 22.4 Å². The van der Waals surface area contributed by atoms with Gasteiger partial charge in [0.1, 0.15) is 0 Å². The van der Waals surface area contributed by atoms with Gasteiger partial charge in [-0.05, 0) is 37.6 Å². The number of aliphatic hydroxyl groups is 1. The van der Waals surface area contributed by atoms with Gasteiger partial charge in [0.15, 0.2) is 0 Å². The Morgan fingerprint density at radius 1 is 1.59 bits per heavy atom. The Labute approximate surface area is 106 Å². The number of halogens is 1. The molecule has 4 N–H and O–H groups in total. The first-order chi connectivity index (χ1) is 8.00. The average molecular weight is 257 g/mol. The highest BCUT2D eigenvalue weighted by Crippen LogP contribution is 2.17. The number of hydrogen-bond donors (Lipinski definition) is 3. The Balaban J connectivity index is 2.52. The smallest absolute Gasteiger partial charge is 0.248 e. The first-order valence-electron chi connectivity index (χ1n) is 5.47. The molecule has 1 aromatic carbocycles. The van der Waals surface area contributed by atoms with Crippen LogP contribution in [0.2, 0.25) is 5.02 Å². The van der Waals surface area contributed by atoms with E-state index in [9.17, 15) is 4.79 Å². The van der Waals surface area contributed by atoms with E-state index < -0.39 is 5.91 Å². The lowest BCUT2D eigenvalue weighted by Crippen LogP contribution is -2.19. The summed E-state index contributed by atoms with van der Waals surface area (Å²) in [7, 11) is 0. The van der Waals surface area contributed by atoms with Gasteiger partial charge in [-0.1, -0.05) is 17.7 Å². The maximum Gasteiger partial charge on any atom is 0.248 e. The van der Waals surface area contributed by atoms with Gasteiger partial charge >= 0.3 is 0 Å². The Morgan fingerprint density at radius 3 is 2.82 bits per heavy atom. The van der Waals surface area contributed by atoms with Crippen LogP contribution < -0.4 is 11.1 Å². The molecule has 0 radical (unpaired) electrons. The molecule has 1 unspecified atom stereocenters. The van der Waals surface area contributed by atoms with Crippen LogP contribution in [0.4, 0.5) is 0 Å². The first-order valence-corrected chi connectivity index (χ1v) is 5.85. The van der Waals surface area contributed by atoms with E-state index in [0.29, 0.717) is 30.1 Å². The van der Waals surface area contributed by atoms with Crippen LogP contribution in [0, 0.1) is 0 Å². The van der Waals surface area contributed by atoms with Gasteiger partial charge in [0.05, 0.1) is 6.10 Å². The van der Waals surface area contributed by atoms with Crippen LogP contribution in [0.25, 0.3) is 0 Å². The van der Waals surface area contributed by atoms with Crippen molar-refractivity contribution in [2.24, 2.45) is 5.73 Å². The summed E-state index contributed by atoms with van der Waals surface area (Å²) in [5, 5.41) is 12.8. The third-order valence-electron chi connectivity index (χ3n) is 2.39. The summed E-state index contributed by atoms with van der Waals surface area (Å²) in [5.41, 5.74) is 6.46. The molecule has 1 amide bonds. The van der Waals surface area contributed by atoms with E-state index in [-0.39, 0.29) is 6.10 Å². The van der Waals surface area contributed by atoms with E-state index in [1.165, 1.54) is 0 Å². The van der Waals surface area contributed by atoms with Gasteiger partial charge in [-0.2, -0.15) is 0 Å². The zero-order chi connectivity index (χ0) is 12.8. The highest BCUT2D eigenvalue weighted by molar-refractivity contribution is 6.31. The first kappa shape index (κ1) is 14.0. The quantitative estimate of drug-likeness (QED) is 0.672. The summed E-state index contributed by atoms with van der Waals surface area (Å²) in [4.78, 5) is 10.9. The fraction of sp³-hybridized carbons (Fsp3) is 0.417. The fourth-order valence-electron chi connectivity index (χ4n) is 1.38. The third-order valence-corrected chi connectivity index (χ3v) is 2.74. The standard InChI is InChI=1S/C12H17ClN2O2/c1-8(16)4-5-15-7-10-3-2-9(12(14)17)6-11(10)13/h2-3,6,8,15-16H,4-5,7H2,1H3,(H2,14,17). The number of nitrogens with one attached hydrogen (secondary N) is 1. The lowest BCUT2D eigenvalue weighted by Gasteiger charge is -2.08. The molecular weight excluding hydrogens is 240 g/mol.